The van der Waals surface area contributed by atoms with E-state index in [-0.39, 0.29) is 0 Å². The van der Waals surface area contributed by atoms with Gasteiger partial charge in [-0.3, -0.25) is 0 Å². The van der Waals surface area contributed by atoms with E-state index in [0.29, 0.717) is 15.2 Å². The molecular weight excluding hydrogens is 111 g/mol. The van der Waals surface area contributed by atoms with Gasteiger partial charge in [0, 0.05) is 0 Å². The smallest absolute Gasteiger partial charge is 0.109 e. The first-order chi connectivity index (χ1) is 3.91. The highest BCUT2D eigenvalue weighted by atomic mass is 27.1. The summed E-state index contributed by atoms with van der Waals surface area (Å²) in [7, 11) is 0. The van der Waals surface area contributed by atoms with Crippen LogP contribution in [0.1, 0.15) is 25.7 Å². The fourth-order valence-electron chi connectivity index (χ4n) is 0.722. The van der Waals surface area contributed by atoms with Crippen molar-refractivity contribution in [3.63, 3.8) is 0 Å². The summed E-state index contributed by atoms with van der Waals surface area (Å²) in [5.41, 5.74) is 0. The molecule has 1 aliphatic rings. The Labute approximate surface area is 59.4 Å². The third-order valence-corrected chi connectivity index (χ3v) is 1.07. The summed E-state index contributed by atoms with van der Waals surface area (Å²) in [5, 5.41) is 0. The van der Waals surface area contributed by atoms with E-state index >= 15 is 0 Å². The second-order valence-electron chi connectivity index (χ2n) is 2.28. The molecule has 1 fully saturated rings. The van der Waals surface area contributed by atoms with Gasteiger partial charge in [0.05, 0.1) is 0 Å². The van der Waals surface area contributed by atoms with Crippen LogP contribution in [-0.2, 0) is 0 Å². The van der Waals surface area contributed by atoms with Crippen LogP contribution in [0, 0.1) is 6.42 Å². The molecule has 0 atom stereocenters. The second-order valence-corrected chi connectivity index (χ2v) is 3.69. The predicted molar refractivity (Wildman–Crippen MR) is 41.6 cm³/mol. The third-order valence-electron chi connectivity index (χ3n) is 1.07. The molecule has 0 aromatic rings. The molecule has 0 aromatic heterocycles. The molecule has 1 rings (SSSR count). The van der Waals surface area contributed by atoms with Crippen molar-refractivity contribution in [3.05, 3.63) is 6.42 Å². The first kappa shape index (κ1) is 8.53. The van der Waals surface area contributed by atoms with Crippen LogP contribution in [0.2, 0.25) is 11.6 Å². The van der Waals surface area contributed by atoms with Crippen LogP contribution in [0.15, 0.2) is 0 Å². The Morgan fingerprint density at radius 2 is 1.50 bits per heavy atom. The number of hydrogen-bond acceptors (Lipinski definition) is 0. The van der Waals surface area contributed by atoms with Gasteiger partial charge in [0.2, 0.25) is 15.2 Å². The molecule has 0 aromatic carbocycles. The van der Waals surface area contributed by atoms with Crippen molar-refractivity contribution in [1.82, 2.24) is 0 Å². The fraction of sp³-hybridized carbons (Fsp3) is 0.857. The number of hydrogen-bond donors (Lipinski definition) is 0. The van der Waals surface area contributed by atoms with Crippen molar-refractivity contribution in [2.45, 2.75) is 37.3 Å². The molecular formula is C7H16Al. The highest BCUT2D eigenvalue weighted by molar-refractivity contribution is 6.31. The zero-order chi connectivity index (χ0) is 6.24. The molecule has 1 aliphatic carbocycles. The normalized spacial score (nSPS) is 16.8. The van der Waals surface area contributed by atoms with Gasteiger partial charge in [0.1, 0.15) is 0 Å². The average Bonchev–Trinajstić information content (AvgIpc) is 2.17. The van der Waals surface area contributed by atoms with E-state index in [1.165, 1.54) is 25.7 Å². The molecule has 0 nitrogen and oxygen atoms in total. The van der Waals surface area contributed by atoms with Gasteiger partial charge < -0.3 is 0 Å². The van der Waals surface area contributed by atoms with Gasteiger partial charge >= 0.3 is 0 Å². The van der Waals surface area contributed by atoms with Crippen molar-refractivity contribution in [1.29, 1.82) is 0 Å². The van der Waals surface area contributed by atoms with Gasteiger partial charge in [0.15, 0.2) is 0 Å². The molecule has 1 saturated carbocycles. The van der Waals surface area contributed by atoms with E-state index in [1.54, 1.807) is 0 Å². The lowest BCUT2D eigenvalue weighted by molar-refractivity contribution is 0.886. The van der Waals surface area contributed by atoms with Gasteiger partial charge in [0.25, 0.3) is 0 Å². The van der Waals surface area contributed by atoms with Gasteiger partial charge in [-0.25, -0.2) is 0 Å². The summed E-state index contributed by atoms with van der Waals surface area (Å²) < 4.78 is 0. The van der Waals surface area contributed by atoms with E-state index in [1.807, 2.05) is 0 Å². The molecule has 0 unspecified atom stereocenters. The molecule has 0 amide bonds. The maximum absolute atomic E-state index is 2.36. The molecule has 0 bridgehead atoms. The highest BCUT2D eigenvalue weighted by Gasteiger charge is 1.95. The van der Waals surface area contributed by atoms with E-state index < -0.39 is 0 Å². The summed E-state index contributed by atoms with van der Waals surface area (Å²) in [6.45, 7) is 0. The maximum atomic E-state index is 2.36. The van der Waals surface area contributed by atoms with Crippen molar-refractivity contribution >= 4 is 15.2 Å². The quantitative estimate of drug-likeness (QED) is 0.438. The fourth-order valence-corrected chi connectivity index (χ4v) is 0.722. The summed E-state index contributed by atoms with van der Waals surface area (Å²) in [5.74, 6) is 4.53. The number of rotatable bonds is 0. The Balaban J connectivity index is 0.000000145. The Hall–Kier alpha value is 0.532. The van der Waals surface area contributed by atoms with E-state index in [9.17, 15) is 0 Å². The van der Waals surface area contributed by atoms with Crippen LogP contribution >= 0.6 is 0 Å². The Kier molecular flexibility index (Phi) is 8.03. The molecule has 1 heteroatoms. The predicted octanol–water partition coefficient (Wildman–Crippen LogP) is 2.28. The summed E-state index contributed by atoms with van der Waals surface area (Å²) >= 11 is 0.417. The standard InChI is InChI=1S/C5H9.2CH3.Al.H/c1-2-4-5-3-1;;;;/h1H,2-5H2;2*1H3;;. The SMILES string of the molecule is [CH3][AlH][CH3].[CH]1CCCC1. The monoisotopic (exact) mass is 127 g/mol. The minimum absolute atomic E-state index is 0.417. The lowest BCUT2D eigenvalue weighted by atomic mass is 10.4. The van der Waals surface area contributed by atoms with Crippen LogP contribution in [0.25, 0.3) is 0 Å². The third kappa shape index (κ3) is 6.53. The maximum Gasteiger partial charge on any atom is 0.229 e. The van der Waals surface area contributed by atoms with Gasteiger partial charge in [-0.1, -0.05) is 25.7 Å². The minimum atomic E-state index is 0.417. The van der Waals surface area contributed by atoms with Crippen molar-refractivity contribution in [3.8, 4) is 0 Å². The van der Waals surface area contributed by atoms with Crippen molar-refractivity contribution in [2.24, 2.45) is 0 Å². The topological polar surface area (TPSA) is 0 Å². The lowest BCUT2D eigenvalue weighted by Crippen LogP contribution is -1.53. The van der Waals surface area contributed by atoms with Gasteiger partial charge in [-0.15, -0.1) is 11.6 Å². The molecule has 0 heterocycles. The van der Waals surface area contributed by atoms with Crippen LogP contribution in [0.5, 0.6) is 0 Å². The average molecular weight is 127 g/mol. The molecule has 0 aliphatic heterocycles. The van der Waals surface area contributed by atoms with Gasteiger partial charge in [-0.05, 0) is 6.42 Å². The van der Waals surface area contributed by atoms with E-state index in [2.05, 4.69) is 18.0 Å². The zero-order valence-corrected chi connectivity index (χ0v) is 7.53. The Bertz CT molecular complexity index is 23.8. The van der Waals surface area contributed by atoms with Crippen molar-refractivity contribution in [2.75, 3.05) is 0 Å². The van der Waals surface area contributed by atoms with Crippen LogP contribution in [-0.4, -0.2) is 15.2 Å². The summed E-state index contributed by atoms with van der Waals surface area (Å²) in [4.78, 5) is 0. The van der Waals surface area contributed by atoms with Crippen LogP contribution in [0.4, 0.5) is 0 Å². The molecule has 0 N–H and O–H groups in total. The highest BCUT2D eigenvalue weighted by Crippen LogP contribution is 2.13. The first-order valence-corrected chi connectivity index (χ1v) is 6.56. The zero-order valence-electron chi connectivity index (χ0n) is 6.11. The first-order valence-electron chi connectivity index (χ1n) is 3.73. The molecule has 0 spiro atoms. The van der Waals surface area contributed by atoms with Crippen LogP contribution in [0.3, 0.4) is 0 Å². The molecule has 1 radical (unpaired) electrons. The second kappa shape index (κ2) is 7.53. The molecule has 8 heavy (non-hydrogen) atoms. The largest absolute Gasteiger partial charge is 0.229 e. The Morgan fingerprint density at radius 3 is 1.62 bits per heavy atom. The molecule has 0 saturated heterocycles. The minimum Gasteiger partial charge on any atom is -0.109 e. The summed E-state index contributed by atoms with van der Waals surface area (Å²) in [6, 6.07) is 0. The van der Waals surface area contributed by atoms with Crippen LogP contribution < -0.4 is 0 Å². The summed E-state index contributed by atoms with van der Waals surface area (Å²) in [6.07, 6.45) is 8.00. The van der Waals surface area contributed by atoms with E-state index in [4.69, 9.17) is 0 Å². The lowest BCUT2D eigenvalue weighted by Gasteiger charge is -1.67. The van der Waals surface area contributed by atoms with E-state index in [0.717, 1.165) is 0 Å². The molecule has 47 valence electrons. The van der Waals surface area contributed by atoms with Crippen molar-refractivity contribution < 1.29 is 0 Å². The Morgan fingerprint density at radius 1 is 1.12 bits per heavy atom. The van der Waals surface area contributed by atoms with Gasteiger partial charge in [-0.2, -0.15) is 0 Å².